The number of anilines is 2. The largest absolute Gasteiger partial charge is 0.445 e. The van der Waals surface area contributed by atoms with Gasteiger partial charge in [-0.1, -0.05) is 60.7 Å². The van der Waals surface area contributed by atoms with E-state index in [-0.39, 0.29) is 24.5 Å². The molecular weight excluding hydrogens is 440 g/mol. The molecule has 178 valence electrons. The number of hydrogen-bond acceptors (Lipinski definition) is 4. The zero-order valence-corrected chi connectivity index (χ0v) is 19.7. The number of aromatic nitrogens is 2. The van der Waals surface area contributed by atoms with E-state index < -0.39 is 0 Å². The molecule has 7 nitrogen and oxygen atoms in total. The Balaban J connectivity index is 1.23. The molecular formula is C28H28N4O3. The van der Waals surface area contributed by atoms with Crippen molar-refractivity contribution in [1.29, 1.82) is 0 Å². The van der Waals surface area contributed by atoms with Crippen molar-refractivity contribution < 1.29 is 14.3 Å². The maximum Gasteiger partial charge on any atom is 0.410 e. The van der Waals surface area contributed by atoms with Gasteiger partial charge in [-0.3, -0.25) is 14.8 Å². The SMILES string of the molecule is CC(=O)N(c1ccc2ccccc2c1)c1cc(C2CCN(C(=O)OCc3ccccc3)CC2)[nH]n1. The van der Waals surface area contributed by atoms with E-state index in [2.05, 4.69) is 10.2 Å². The number of H-pyrrole nitrogens is 1. The average molecular weight is 469 g/mol. The maximum absolute atomic E-state index is 12.6. The van der Waals surface area contributed by atoms with Crippen LogP contribution in [0.4, 0.5) is 16.3 Å². The molecule has 0 aliphatic carbocycles. The first kappa shape index (κ1) is 22.7. The molecule has 5 rings (SSSR count). The molecule has 3 aromatic carbocycles. The van der Waals surface area contributed by atoms with Gasteiger partial charge in [-0.05, 0) is 41.3 Å². The Hall–Kier alpha value is -4.13. The zero-order chi connectivity index (χ0) is 24.2. The minimum atomic E-state index is -0.281. The van der Waals surface area contributed by atoms with E-state index in [1.165, 1.54) is 0 Å². The number of carbonyl (C=O) groups is 2. The average Bonchev–Trinajstić information content (AvgIpc) is 3.37. The molecule has 4 aromatic rings. The second-order valence-electron chi connectivity index (χ2n) is 8.87. The summed E-state index contributed by atoms with van der Waals surface area (Å²) in [7, 11) is 0. The second kappa shape index (κ2) is 10.0. The van der Waals surface area contributed by atoms with E-state index in [9.17, 15) is 9.59 Å². The van der Waals surface area contributed by atoms with Gasteiger partial charge in [0, 0.05) is 37.7 Å². The molecule has 1 N–H and O–H groups in total. The van der Waals surface area contributed by atoms with Crippen LogP contribution in [-0.2, 0) is 16.1 Å². The predicted molar refractivity (Wildman–Crippen MR) is 136 cm³/mol. The van der Waals surface area contributed by atoms with Crippen molar-refractivity contribution in [2.45, 2.75) is 32.3 Å². The Morgan fingerprint density at radius 2 is 1.69 bits per heavy atom. The maximum atomic E-state index is 12.6. The topological polar surface area (TPSA) is 78.5 Å². The monoisotopic (exact) mass is 468 g/mol. The highest BCUT2D eigenvalue weighted by Gasteiger charge is 2.27. The standard InChI is InChI=1S/C28H28N4O3/c1-20(33)32(25-12-11-22-9-5-6-10-24(22)17-25)27-18-26(29-30-27)23-13-15-31(16-14-23)28(34)35-19-21-7-3-2-4-8-21/h2-12,17-18,23H,13-16,19H2,1H3,(H,29,30). The van der Waals surface area contributed by atoms with Gasteiger partial charge in [-0.2, -0.15) is 5.10 Å². The number of rotatable bonds is 5. The van der Waals surface area contributed by atoms with Gasteiger partial charge in [0.25, 0.3) is 0 Å². The van der Waals surface area contributed by atoms with E-state index >= 15 is 0 Å². The van der Waals surface area contributed by atoms with Crippen LogP contribution >= 0.6 is 0 Å². The fourth-order valence-corrected chi connectivity index (χ4v) is 4.62. The molecule has 1 aliphatic rings. The number of amides is 2. The first-order valence-electron chi connectivity index (χ1n) is 11.9. The van der Waals surface area contributed by atoms with Crippen molar-refractivity contribution in [3.05, 3.63) is 90.1 Å². The third kappa shape index (κ3) is 5.04. The van der Waals surface area contributed by atoms with Crippen LogP contribution in [0.1, 0.15) is 36.9 Å². The Morgan fingerprint density at radius 3 is 2.43 bits per heavy atom. The van der Waals surface area contributed by atoms with Crippen molar-refractivity contribution in [3.63, 3.8) is 0 Å². The van der Waals surface area contributed by atoms with Gasteiger partial charge in [0.05, 0.1) is 5.69 Å². The summed E-state index contributed by atoms with van der Waals surface area (Å²) in [6.45, 7) is 3.06. The number of fused-ring (bicyclic) bond motifs is 1. The molecule has 2 amide bonds. The van der Waals surface area contributed by atoms with Crippen molar-refractivity contribution in [2.75, 3.05) is 18.0 Å². The van der Waals surface area contributed by atoms with Crippen molar-refractivity contribution in [2.24, 2.45) is 0 Å². The highest BCUT2D eigenvalue weighted by atomic mass is 16.6. The van der Waals surface area contributed by atoms with Crippen molar-refractivity contribution in [1.82, 2.24) is 15.1 Å². The molecule has 1 fully saturated rings. The zero-order valence-electron chi connectivity index (χ0n) is 19.7. The van der Waals surface area contributed by atoms with Crippen LogP contribution in [0.25, 0.3) is 10.8 Å². The molecule has 7 heteroatoms. The van der Waals surface area contributed by atoms with Gasteiger partial charge in [0.15, 0.2) is 5.82 Å². The Kier molecular flexibility index (Phi) is 6.48. The Bertz CT molecular complexity index is 1330. The summed E-state index contributed by atoms with van der Waals surface area (Å²) < 4.78 is 5.47. The van der Waals surface area contributed by atoms with Crippen LogP contribution in [-0.4, -0.2) is 40.2 Å². The number of carbonyl (C=O) groups excluding carboxylic acids is 2. The van der Waals surface area contributed by atoms with Gasteiger partial charge in [-0.15, -0.1) is 0 Å². The van der Waals surface area contributed by atoms with Crippen LogP contribution in [0, 0.1) is 0 Å². The highest BCUT2D eigenvalue weighted by molar-refractivity contribution is 6.00. The van der Waals surface area contributed by atoms with Crippen LogP contribution in [0.15, 0.2) is 78.9 Å². The molecule has 0 unspecified atom stereocenters. The Morgan fingerprint density at radius 1 is 0.971 bits per heavy atom. The molecule has 0 saturated carbocycles. The lowest BCUT2D eigenvalue weighted by Crippen LogP contribution is -2.38. The van der Waals surface area contributed by atoms with Gasteiger partial charge in [-0.25, -0.2) is 4.79 Å². The summed E-state index contributed by atoms with van der Waals surface area (Å²) in [6, 6.07) is 25.7. The summed E-state index contributed by atoms with van der Waals surface area (Å²) in [5.74, 6) is 0.710. The van der Waals surface area contributed by atoms with Crippen LogP contribution < -0.4 is 4.90 Å². The smallest absolute Gasteiger partial charge is 0.410 e. The first-order chi connectivity index (χ1) is 17.1. The van der Waals surface area contributed by atoms with Gasteiger partial charge < -0.3 is 9.64 Å². The number of likely N-dealkylation sites (tertiary alicyclic amines) is 1. The third-order valence-corrected chi connectivity index (χ3v) is 6.52. The summed E-state index contributed by atoms with van der Waals surface area (Å²) in [4.78, 5) is 28.4. The first-order valence-corrected chi connectivity index (χ1v) is 11.9. The highest BCUT2D eigenvalue weighted by Crippen LogP contribution is 2.32. The molecule has 0 atom stereocenters. The van der Waals surface area contributed by atoms with Gasteiger partial charge in [0.2, 0.25) is 5.91 Å². The molecule has 0 spiro atoms. The predicted octanol–water partition coefficient (Wildman–Crippen LogP) is 5.76. The summed E-state index contributed by atoms with van der Waals surface area (Å²) in [5.41, 5.74) is 2.73. The number of benzene rings is 3. The number of aromatic amines is 1. The van der Waals surface area contributed by atoms with Crippen molar-refractivity contribution in [3.8, 4) is 0 Å². The molecule has 1 aliphatic heterocycles. The van der Waals surface area contributed by atoms with E-state index in [0.29, 0.717) is 18.9 Å². The summed E-state index contributed by atoms with van der Waals surface area (Å²) in [6.07, 6.45) is 1.33. The van der Waals surface area contributed by atoms with E-state index in [0.717, 1.165) is 40.6 Å². The van der Waals surface area contributed by atoms with Crippen molar-refractivity contribution >= 4 is 34.3 Å². The van der Waals surface area contributed by atoms with E-state index in [1.807, 2.05) is 78.9 Å². The molecule has 1 saturated heterocycles. The molecule has 1 aromatic heterocycles. The number of piperidine rings is 1. The Labute approximate surface area is 204 Å². The number of nitrogens with one attached hydrogen (secondary N) is 1. The van der Waals surface area contributed by atoms with E-state index in [4.69, 9.17) is 4.74 Å². The lowest BCUT2D eigenvalue weighted by Gasteiger charge is -2.30. The van der Waals surface area contributed by atoms with Gasteiger partial charge in [0.1, 0.15) is 6.61 Å². The molecule has 35 heavy (non-hydrogen) atoms. The number of nitrogens with zero attached hydrogens (tertiary/aromatic N) is 3. The number of hydrogen-bond donors (Lipinski definition) is 1. The van der Waals surface area contributed by atoms with Gasteiger partial charge >= 0.3 is 6.09 Å². The minimum absolute atomic E-state index is 0.102. The van der Waals surface area contributed by atoms with E-state index in [1.54, 1.807) is 16.7 Å². The lowest BCUT2D eigenvalue weighted by molar-refractivity contribution is -0.115. The lowest BCUT2D eigenvalue weighted by atomic mass is 9.94. The fraction of sp³-hybridized carbons (Fsp3) is 0.250. The second-order valence-corrected chi connectivity index (χ2v) is 8.87. The molecule has 0 bridgehead atoms. The minimum Gasteiger partial charge on any atom is -0.445 e. The molecule has 2 heterocycles. The van der Waals surface area contributed by atoms with Crippen LogP contribution in [0.5, 0.6) is 0 Å². The normalized spacial score (nSPS) is 14.1. The van der Waals surface area contributed by atoms with Crippen LogP contribution in [0.3, 0.4) is 0 Å². The number of ether oxygens (including phenoxy) is 1. The fourth-order valence-electron chi connectivity index (χ4n) is 4.62. The third-order valence-electron chi connectivity index (χ3n) is 6.52. The summed E-state index contributed by atoms with van der Waals surface area (Å²) in [5, 5.41) is 9.78. The molecule has 0 radical (unpaired) electrons. The summed E-state index contributed by atoms with van der Waals surface area (Å²) >= 11 is 0. The quantitative estimate of drug-likeness (QED) is 0.404. The van der Waals surface area contributed by atoms with Crippen LogP contribution in [0.2, 0.25) is 0 Å².